The van der Waals surface area contributed by atoms with Crippen LogP contribution >= 0.6 is 0 Å². The Labute approximate surface area is 77.7 Å². The summed E-state index contributed by atoms with van der Waals surface area (Å²) < 4.78 is 35.1. The Balaban J connectivity index is 4.21. The molecule has 14 heavy (non-hydrogen) atoms. The first kappa shape index (κ1) is 12.6. The van der Waals surface area contributed by atoms with Crippen molar-refractivity contribution in [3.8, 4) is 0 Å². The summed E-state index contributed by atoms with van der Waals surface area (Å²) in [6.45, 7) is -0.654. The Morgan fingerprint density at radius 3 is 2.29 bits per heavy atom. The monoisotopic (exact) mass is 213 g/mol. The maximum absolute atomic E-state index is 11.7. The van der Waals surface area contributed by atoms with Gasteiger partial charge in [-0.15, -0.1) is 0 Å². The number of nitrogens with zero attached hydrogens (tertiary/aromatic N) is 1. The summed E-state index contributed by atoms with van der Waals surface area (Å²) in [4.78, 5) is 10.3. The van der Waals surface area contributed by atoms with E-state index in [1.165, 1.54) is 0 Å². The fourth-order valence-corrected chi connectivity index (χ4v) is 0.658. The summed E-state index contributed by atoms with van der Waals surface area (Å²) in [6.07, 6.45) is -4.94. The van der Waals surface area contributed by atoms with Crippen molar-refractivity contribution in [2.75, 3.05) is 6.54 Å². The van der Waals surface area contributed by atoms with E-state index < -0.39 is 30.8 Å². The van der Waals surface area contributed by atoms with Gasteiger partial charge in [0.05, 0.1) is 6.42 Å². The first-order valence-electron chi connectivity index (χ1n) is 3.52. The number of hydrogen-bond acceptors (Lipinski definition) is 4. The molecule has 5 N–H and O–H groups in total. The normalized spacial score (nSPS) is 12.7. The van der Waals surface area contributed by atoms with E-state index in [1.54, 1.807) is 0 Å². The van der Waals surface area contributed by atoms with E-state index >= 15 is 0 Å². The average molecular weight is 213 g/mol. The molecule has 8 heteroatoms. The lowest BCUT2D eigenvalue weighted by Crippen LogP contribution is -2.37. The van der Waals surface area contributed by atoms with Gasteiger partial charge in [-0.2, -0.15) is 13.2 Å². The van der Waals surface area contributed by atoms with Gasteiger partial charge in [-0.25, -0.2) is 10.6 Å². The number of rotatable bonds is 4. The molecule has 0 bridgehead atoms. The number of halogens is 3. The highest BCUT2D eigenvalue weighted by Gasteiger charge is 2.28. The Bertz CT molecular complexity index is 239. The molecule has 0 aliphatic rings. The fourth-order valence-electron chi connectivity index (χ4n) is 0.658. The van der Waals surface area contributed by atoms with Gasteiger partial charge in [0.2, 0.25) is 0 Å². The second-order valence-corrected chi connectivity index (χ2v) is 2.42. The Hall–Kier alpha value is -1.44. The molecule has 0 aliphatic heterocycles. The first-order valence-corrected chi connectivity index (χ1v) is 3.52. The van der Waals surface area contributed by atoms with Gasteiger partial charge in [0.15, 0.2) is 5.70 Å². The van der Waals surface area contributed by atoms with E-state index in [-0.39, 0.29) is 0 Å². The van der Waals surface area contributed by atoms with Gasteiger partial charge in [-0.3, -0.25) is 0 Å². The van der Waals surface area contributed by atoms with E-state index in [0.717, 1.165) is 0 Å². The summed E-state index contributed by atoms with van der Waals surface area (Å²) in [5.74, 6) is 3.57. The number of nitrogens with two attached hydrogens (primary N) is 2. The molecule has 0 fully saturated rings. The minimum atomic E-state index is -4.38. The molecule has 0 amide bonds. The highest BCUT2D eigenvalue weighted by Crippen LogP contribution is 2.19. The van der Waals surface area contributed by atoms with E-state index in [1.807, 2.05) is 0 Å². The van der Waals surface area contributed by atoms with Crippen LogP contribution in [-0.4, -0.2) is 28.8 Å². The van der Waals surface area contributed by atoms with E-state index in [9.17, 15) is 18.0 Å². The second kappa shape index (κ2) is 4.70. The maximum atomic E-state index is 11.7. The van der Waals surface area contributed by atoms with Crippen LogP contribution in [0.5, 0.6) is 0 Å². The number of aliphatic carboxylic acids is 1. The van der Waals surface area contributed by atoms with Crippen LogP contribution in [-0.2, 0) is 4.79 Å². The lowest BCUT2D eigenvalue weighted by atomic mass is 10.3. The molecule has 5 nitrogen and oxygen atoms in total. The summed E-state index contributed by atoms with van der Waals surface area (Å²) in [5, 5.41) is 8.86. The third kappa shape index (κ3) is 4.55. The van der Waals surface area contributed by atoms with Gasteiger partial charge in [0.25, 0.3) is 0 Å². The van der Waals surface area contributed by atoms with Crippen LogP contribution in [0.4, 0.5) is 13.2 Å². The molecule has 0 aromatic rings. The number of hydrogen-bond donors (Lipinski definition) is 3. The van der Waals surface area contributed by atoms with Gasteiger partial charge in [0.1, 0.15) is 0 Å². The Kier molecular flexibility index (Phi) is 4.22. The van der Waals surface area contributed by atoms with E-state index in [0.29, 0.717) is 11.2 Å². The van der Waals surface area contributed by atoms with Crippen LogP contribution in [0.2, 0.25) is 0 Å². The molecule has 82 valence electrons. The average Bonchev–Trinajstić information content (AvgIpc) is 2.00. The predicted molar refractivity (Wildman–Crippen MR) is 41.5 cm³/mol. The molecule has 0 spiro atoms. The maximum Gasteiger partial charge on any atom is 0.390 e. The van der Waals surface area contributed by atoms with Crippen LogP contribution in [0.25, 0.3) is 0 Å². The lowest BCUT2D eigenvalue weighted by molar-refractivity contribution is -0.141. The zero-order chi connectivity index (χ0) is 11.4. The summed E-state index contributed by atoms with van der Waals surface area (Å²) in [7, 11) is 0. The SMILES string of the molecule is N/C=C(/C(=O)O)N(N)CCC(F)(F)F. The zero-order valence-electron chi connectivity index (χ0n) is 7.08. The molecular formula is C6H10F3N3O2. The molecular weight excluding hydrogens is 203 g/mol. The summed E-state index contributed by atoms with van der Waals surface area (Å²) in [5.41, 5.74) is 4.29. The number of alkyl halides is 3. The van der Waals surface area contributed by atoms with Crippen LogP contribution in [0.1, 0.15) is 6.42 Å². The van der Waals surface area contributed by atoms with Crippen LogP contribution in [0.3, 0.4) is 0 Å². The third-order valence-electron chi connectivity index (χ3n) is 1.32. The fraction of sp³-hybridized carbons (Fsp3) is 0.500. The lowest BCUT2D eigenvalue weighted by Gasteiger charge is -2.19. The van der Waals surface area contributed by atoms with Crippen molar-refractivity contribution in [1.82, 2.24) is 5.01 Å². The molecule has 0 aromatic carbocycles. The van der Waals surface area contributed by atoms with E-state index in [2.05, 4.69) is 0 Å². The van der Waals surface area contributed by atoms with Crippen molar-refractivity contribution < 1.29 is 23.1 Å². The standard InChI is InChI=1S/C6H10F3N3O2/c7-6(8,9)1-2-12(11)4(3-10)5(13)14/h3H,1-2,10-11H2,(H,13,14)/b4-3-. The largest absolute Gasteiger partial charge is 0.476 e. The Morgan fingerprint density at radius 2 is 2.00 bits per heavy atom. The van der Waals surface area contributed by atoms with Crippen LogP contribution in [0, 0.1) is 0 Å². The highest BCUT2D eigenvalue weighted by molar-refractivity contribution is 5.85. The van der Waals surface area contributed by atoms with Gasteiger partial charge in [-0.1, -0.05) is 0 Å². The minimum Gasteiger partial charge on any atom is -0.476 e. The van der Waals surface area contributed by atoms with Crippen LogP contribution in [0.15, 0.2) is 11.9 Å². The van der Waals surface area contributed by atoms with Gasteiger partial charge < -0.3 is 15.8 Å². The first-order chi connectivity index (χ1) is 6.28. The molecule has 0 saturated carbocycles. The zero-order valence-corrected chi connectivity index (χ0v) is 7.08. The number of carboxylic acid groups (broad SMARTS) is 1. The number of carbonyl (C=O) groups is 1. The molecule has 0 radical (unpaired) electrons. The predicted octanol–water partition coefficient (Wildman–Crippen LogP) is -0.000800. The third-order valence-corrected chi connectivity index (χ3v) is 1.32. The highest BCUT2D eigenvalue weighted by atomic mass is 19.4. The van der Waals surface area contributed by atoms with Crippen molar-refractivity contribution >= 4 is 5.97 Å². The smallest absolute Gasteiger partial charge is 0.390 e. The second-order valence-electron chi connectivity index (χ2n) is 2.42. The number of carboxylic acids is 1. The topological polar surface area (TPSA) is 92.6 Å². The van der Waals surface area contributed by atoms with E-state index in [4.69, 9.17) is 16.7 Å². The van der Waals surface area contributed by atoms with Crippen molar-refractivity contribution in [2.45, 2.75) is 12.6 Å². The molecule has 0 atom stereocenters. The van der Waals surface area contributed by atoms with Crippen molar-refractivity contribution in [3.63, 3.8) is 0 Å². The van der Waals surface area contributed by atoms with Gasteiger partial charge in [-0.05, 0) is 0 Å². The summed E-state index contributed by atoms with van der Waals surface area (Å²) in [6, 6.07) is 0. The quantitative estimate of drug-likeness (QED) is 0.347. The minimum absolute atomic E-state index is 0.440. The summed E-state index contributed by atoms with van der Waals surface area (Å²) >= 11 is 0. The van der Waals surface area contributed by atoms with Crippen molar-refractivity contribution in [2.24, 2.45) is 11.6 Å². The molecule has 0 aliphatic carbocycles. The molecule has 0 heterocycles. The molecule has 0 saturated heterocycles. The van der Waals surface area contributed by atoms with Crippen LogP contribution < -0.4 is 11.6 Å². The number of hydrazine groups is 1. The molecule has 0 rings (SSSR count). The molecule has 0 aromatic heterocycles. The van der Waals surface area contributed by atoms with Crippen molar-refractivity contribution in [3.05, 3.63) is 11.9 Å². The Morgan fingerprint density at radius 1 is 1.50 bits per heavy atom. The van der Waals surface area contributed by atoms with Gasteiger partial charge >= 0.3 is 12.1 Å². The van der Waals surface area contributed by atoms with Crippen molar-refractivity contribution in [1.29, 1.82) is 0 Å². The van der Waals surface area contributed by atoms with Gasteiger partial charge in [0, 0.05) is 12.7 Å². The molecule has 0 unspecified atom stereocenters.